The van der Waals surface area contributed by atoms with E-state index in [2.05, 4.69) is 5.32 Å². The zero-order chi connectivity index (χ0) is 32.7. The van der Waals surface area contributed by atoms with Gasteiger partial charge in [0.25, 0.3) is 10.0 Å². The Morgan fingerprint density at radius 1 is 0.800 bits per heavy atom. The number of aryl methyl sites for hydroxylation is 3. The fourth-order valence-corrected chi connectivity index (χ4v) is 6.66. The zero-order valence-electron chi connectivity index (χ0n) is 26.3. The van der Waals surface area contributed by atoms with Gasteiger partial charge in [0.05, 0.1) is 10.6 Å². The van der Waals surface area contributed by atoms with Crippen LogP contribution < -0.4 is 9.62 Å². The maximum Gasteiger partial charge on any atom is 0.264 e. The van der Waals surface area contributed by atoms with Gasteiger partial charge < -0.3 is 10.2 Å². The molecule has 4 aromatic rings. The number of halogens is 1. The first-order valence-corrected chi connectivity index (χ1v) is 16.7. The van der Waals surface area contributed by atoms with Crippen LogP contribution in [0.4, 0.5) is 5.69 Å². The largest absolute Gasteiger partial charge is 0.352 e. The minimum atomic E-state index is -4.21. The van der Waals surface area contributed by atoms with E-state index in [1.54, 1.807) is 37.3 Å². The molecule has 0 aliphatic carbocycles. The number of carbonyl (C=O) groups excluding carboxylic acids is 2. The Morgan fingerprint density at radius 2 is 1.40 bits per heavy atom. The van der Waals surface area contributed by atoms with E-state index < -0.39 is 28.5 Å². The lowest BCUT2D eigenvalue weighted by atomic mass is 10.0. The van der Waals surface area contributed by atoms with E-state index in [4.69, 9.17) is 11.6 Å². The van der Waals surface area contributed by atoms with Gasteiger partial charge in [-0.3, -0.25) is 13.9 Å². The van der Waals surface area contributed by atoms with E-state index in [9.17, 15) is 18.0 Å². The lowest BCUT2D eigenvalue weighted by molar-refractivity contribution is -0.140. The molecule has 0 aromatic heterocycles. The Labute approximate surface area is 271 Å². The van der Waals surface area contributed by atoms with Crippen LogP contribution in [0.1, 0.15) is 41.7 Å². The highest BCUT2D eigenvalue weighted by atomic mass is 35.5. The molecular weight excluding hydrogens is 606 g/mol. The summed E-state index contributed by atoms with van der Waals surface area (Å²) in [6.45, 7) is 8.91. The molecule has 0 heterocycles. The van der Waals surface area contributed by atoms with Crippen molar-refractivity contribution in [2.75, 3.05) is 10.8 Å². The van der Waals surface area contributed by atoms with Crippen molar-refractivity contribution in [3.63, 3.8) is 0 Å². The fourth-order valence-electron chi connectivity index (χ4n) is 5.03. The van der Waals surface area contributed by atoms with Crippen LogP contribution in [0.5, 0.6) is 0 Å². The van der Waals surface area contributed by atoms with Crippen LogP contribution in [-0.2, 0) is 32.6 Å². The molecule has 2 amide bonds. The summed E-state index contributed by atoms with van der Waals surface area (Å²) in [6.07, 6.45) is 0.248. The molecule has 9 heteroatoms. The van der Waals surface area contributed by atoms with Gasteiger partial charge in [0, 0.05) is 24.0 Å². The summed E-state index contributed by atoms with van der Waals surface area (Å²) in [4.78, 5) is 29.9. The summed E-state index contributed by atoms with van der Waals surface area (Å²) in [5.41, 5.74) is 4.57. The number of hydrogen-bond acceptors (Lipinski definition) is 4. The number of nitrogens with one attached hydrogen (secondary N) is 1. The normalized spacial score (nSPS) is 12.1. The maximum atomic E-state index is 14.6. The summed E-state index contributed by atoms with van der Waals surface area (Å²) in [5.74, 6) is -0.841. The Morgan fingerprint density at radius 3 is 2.00 bits per heavy atom. The number of rotatable bonds is 12. The number of anilines is 1. The van der Waals surface area contributed by atoms with Crippen LogP contribution in [0.2, 0.25) is 5.02 Å². The topological polar surface area (TPSA) is 86.8 Å². The number of nitrogens with zero attached hydrogens (tertiary/aromatic N) is 2. The molecule has 4 rings (SSSR count). The predicted octanol–water partition coefficient (Wildman–Crippen LogP) is 6.63. The first-order valence-electron chi connectivity index (χ1n) is 14.9. The van der Waals surface area contributed by atoms with Crippen molar-refractivity contribution < 1.29 is 18.0 Å². The highest BCUT2D eigenvalue weighted by Gasteiger charge is 2.35. The molecule has 0 saturated carbocycles. The third-order valence-electron chi connectivity index (χ3n) is 7.50. The highest BCUT2D eigenvalue weighted by Crippen LogP contribution is 2.30. The molecule has 0 spiro atoms. The molecule has 7 nitrogen and oxygen atoms in total. The van der Waals surface area contributed by atoms with Gasteiger partial charge in [-0.25, -0.2) is 8.42 Å². The zero-order valence-corrected chi connectivity index (χ0v) is 27.9. The average Bonchev–Trinajstić information content (AvgIpc) is 3.00. The van der Waals surface area contributed by atoms with Crippen LogP contribution in [0.3, 0.4) is 0 Å². The van der Waals surface area contributed by atoms with Gasteiger partial charge in [-0.1, -0.05) is 95.5 Å². The van der Waals surface area contributed by atoms with Crippen LogP contribution in [0.15, 0.2) is 102 Å². The number of carbonyl (C=O) groups is 2. The van der Waals surface area contributed by atoms with Crippen molar-refractivity contribution in [2.24, 2.45) is 0 Å². The summed E-state index contributed by atoms with van der Waals surface area (Å²) < 4.78 is 29.6. The average molecular weight is 646 g/mol. The Balaban J connectivity index is 1.83. The molecule has 0 fully saturated rings. The summed E-state index contributed by atoms with van der Waals surface area (Å²) in [6, 6.07) is 27.6. The first-order chi connectivity index (χ1) is 21.3. The molecular formula is C36H40ClN3O4S. The van der Waals surface area contributed by atoms with Crippen molar-refractivity contribution in [3.8, 4) is 0 Å². The smallest absolute Gasteiger partial charge is 0.264 e. The Bertz CT molecular complexity index is 1720. The molecule has 0 bridgehead atoms. The SMILES string of the molecule is Cc1ccc(CN(C(=O)CN(c2cc(Cl)ccc2C)S(=O)(=O)c2ccc(C)cc2)[C@H](Cc2ccccc2)C(=O)NC(C)C)cc1. The van der Waals surface area contributed by atoms with E-state index in [0.29, 0.717) is 10.6 Å². The number of hydrogen-bond donors (Lipinski definition) is 1. The molecule has 0 unspecified atom stereocenters. The van der Waals surface area contributed by atoms with E-state index in [1.807, 2.05) is 82.3 Å². The molecule has 236 valence electrons. The van der Waals surface area contributed by atoms with E-state index in [-0.39, 0.29) is 35.5 Å². The molecule has 1 N–H and O–H groups in total. The van der Waals surface area contributed by atoms with Crippen LogP contribution in [-0.4, -0.2) is 43.8 Å². The van der Waals surface area contributed by atoms with Crippen molar-refractivity contribution in [1.82, 2.24) is 10.2 Å². The monoisotopic (exact) mass is 645 g/mol. The highest BCUT2D eigenvalue weighted by molar-refractivity contribution is 7.92. The van der Waals surface area contributed by atoms with Gasteiger partial charge in [-0.15, -0.1) is 0 Å². The number of amides is 2. The van der Waals surface area contributed by atoms with Crippen molar-refractivity contribution >= 4 is 39.1 Å². The van der Waals surface area contributed by atoms with Crippen molar-refractivity contribution in [1.29, 1.82) is 0 Å². The van der Waals surface area contributed by atoms with Crippen LogP contribution in [0.25, 0.3) is 0 Å². The third-order valence-corrected chi connectivity index (χ3v) is 9.51. The lowest BCUT2D eigenvalue weighted by Crippen LogP contribution is -2.54. The van der Waals surface area contributed by atoms with Gasteiger partial charge in [-0.05, 0) is 75.6 Å². The standard InChI is InChI=1S/C36H40ClN3O4S/c1-25(2)38-36(42)34(21-29-9-7-6-8-10-29)39(23-30-16-11-26(3)12-17-30)35(41)24-40(33-22-31(37)18-15-28(33)5)45(43,44)32-19-13-27(4)14-20-32/h6-20,22,25,34H,21,23-24H2,1-5H3,(H,38,42)/t34-/m1/s1. The Hall–Kier alpha value is -4.14. The minimum Gasteiger partial charge on any atom is -0.352 e. The quantitative estimate of drug-likeness (QED) is 0.188. The van der Waals surface area contributed by atoms with E-state index in [0.717, 1.165) is 26.6 Å². The number of sulfonamides is 1. The second-order valence-corrected chi connectivity index (χ2v) is 13.9. The van der Waals surface area contributed by atoms with E-state index in [1.165, 1.54) is 17.0 Å². The van der Waals surface area contributed by atoms with Gasteiger partial charge >= 0.3 is 0 Å². The summed E-state index contributed by atoms with van der Waals surface area (Å²) >= 11 is 6.36. The van der Waals surface area contributed by atoms with Crippen molar-refractivity contribution in [2.45, 2.75) is 64.6 Å². The van der Waals surface area contributed by atoms with Gasteiger partial charge in [0.2, 0.25) is 11.8 Å². The fraction of sp³-hybridized carbons (Fsp3) is 0.278. The van der Waals surface area contributed by atoms with Gasteiger partial charge in [-0.2, -0.15) is 0 Å². The lowest BCUT2D eigenvalue weighted by Gasteiger charge is -2.34. The predicted molar refractivity (Wildman–Crippen MR) is 181 cm³/mol. The molecule has 45 heavy (non-hydrogen) atoms. The van der Waals surface area contributed by atoms with Gasteiger partial charge in [0.1, 0.15) is 12.6 Å². The third kappa shape index (κ3) is 8.74. The van der Waals surface area contributed by atoms with Crippen LogP contribution >= 0.6 is 11.6 Å². The molecule has 0 saturated heterocycles. The molecule has 0 aliphatic heterocycles. The second-order valence-electron chi connectivity index (χ2n) is 11.6. The minimum absolute atomic E-state index is 0.0451. The molecule has 0 radical (unpaired) electrons. The molecule has 4 aromatic carbocycles. The molecule has 1 atom stereocenters. The summed E-state index contributed by atoms with van der Waals surface area (Å²) in [5, 5.41) is 3.31. The van der Waals surface area contributed by atoms with Crippen molar-refractivity contribution in [3.05, 3.63) is 130 Å². The summed E-state index contributed by atoms with van der Waals surface area (Å²) in [7, 11) is -4.21. The molecule has 0 aliphatic rings. The second kappa shape index (κ2) is 14.8. The van der Waals surface area contributed by atoms with Crippen LogP contribution in [0, 0.1) is 20.8 Å². The first kappa shape index (κ1) is 33.7. The number of benzene rings is 4. The van der Waals surface area contributed by atoms with E-state index >= 15 is 0 Å². The Kier molecular flexibility index (Phi) is 11.1. The van der Waals surface area contributed by atoms with Gasteiger partial charge in [0.15, 0.2) is 0 Å². The maximum absolute atomic E-state index is 14.6.